The van der Waals surface area contributed by atoms with Gasteiger partial charge in [-0.15, -0.1) is 25.7 Å². The number of esters is 1. The molecule has 0 amide bonds. The molecular formula is C15H26O3. The highest BCUT2D eigenvalue weighted by atomic mass is 16.6. The highest BCUT2D eigenvalue weighted by molar-refractivity contribution is 5.74. The molecule has 0 saturated carbocycles. The molecule has 1 heterocycles. The van der Waals surface area contributed by atoms with Crippen LogP contribution in [0.2, 0.25) is 0 Å². The Morgan fingerprint density at radius 3 is 1.89 bits per heavy atom. The van der Waals surface area contributed by atoms with E-state index in [1.54, 1.807) is 0 Å². The van der Waals surface area contributed by atoms with Crippen LogP contribution in [0.5, 0.6) is 0 Å². The molecule has 1 saturated heterocycles. The van der Waals surface area contributed by atoms with Crippen LogP contribution in [-0.4, -0.2) is 25.3 Å². The molecule has 0 N–H and O–H groups in total. The van der Waals surface area contributed by atoms with Crippen molar-refractivity contribution in [1.29, 1.82) is 0 Å². The van der Waals surface area contributed by atoms with E-state index in [1.807, 2.05) is 20.8 Å². The molecule has 0 aromatic carbocycles. The fraction of sp³-hybridized carbons (Fsp3) is 0.667. The Bertz CT molecular complexity index is 214. The summed E-state index contributed by atoms with van der Waals surface area (Å²) >= 11 is 0. The highest BCUT2D eigenvalue weighted by Gasteiger charge is 2.30. The quantitative estimate of drug-likeness (QED) is 0.533. The van der Waals surface area contributed by atoms with Gasteiger partial charge in [-0.1, -0.05) is 20.8 Å². The Morgan fingerprint density at radius 1 is 1.11 bits per heavy atom. The number of rotatable bonds is 1. The lowest BCUT2D eigenvalue weighted by atomic mass is 9.94. The zero-order valence-corrected chi connectivity index (χ0v) is 12.2. The van der Waals surface area contributed by atoms with Crippen molar-refractivity contribution in [3.8, 4) is 25.7 Å². The molecule has 3 atom stereocenters. The monoisotopic (exact) mass is 254 g/mol. The van der Waals surface area contributed by atoms with Gasteiger partial charge in [0.25, 0.3) is 0 Å². The van der Waals surface area contributed by atoms with Crippen molar-refractivity contribution >= 4 is 5.97 Å². The Labute approximate surface area is 112 Å². The van der Waals surface area contributed by atoms with Crippen molar-refractivity contribution in [2.75, 3.05) is 7.11 Å². The first kappa shape index (κ1) is 21.8. The number of hydrogen-bond donors (Lipinski definition) is 0. The van der Waals surface area contributed by atoms with E-state index in [-0.39, 0.29) is 18.2 Å². The van der Waals surface area contributed by atoms with E-state index < -0.39 is 0 Å². The fourth-order valence-corrected chi connectivity index (χ4v) is 1.70. The summed E-state index contributed by atoms with van der Waals surface area (Å²) in [5.41, 5.74) is 0. The third kappa shape index (κ3) is 9.75. The second kappa shape index (κ2) is 15.6. The van der Waals surface area contributed by atoms with Crippen LogP contribution in [0.1, 0.15) is 40.5 Å². The largest absolute Gasteiger partial charge is 0.467 e. The third-order valence-corrected chi connectivity index (χ3v) is 2.21. The molecule has 0 aliphatic carbocycles. The zero-order chi connectivity index (χ0) is 15.1. The van der Waals surface area contributed by atoms with Gasteiger partial charge >= 0.3 is 5.97 Å². The lowest BCUT2D eigenvalue weighted by molar-refractivity contribution is -0.164. The van der Waals surface area contributed by atoms with Gasteiger partial charge in [0.2, 0.25) is 0 Å². The Morgan fingerprint density at radius 2 is 1.56 bits per heavy atom. The summed E-state index contributed by atoms with van der Waals surface area (Å²) in [6.45, 7) is 8.13. The molecule has 104 valence electrons. The molecule has 3 heteroatoms. The number of methoxy groups -OCH3 is 1. The van der Waals surface area contributed by atoms with Crippen molar-refractivity contribution in [1.82, 2.24) is 0 Å². The first-order chi connectivity index (χ1) is 8.63. The van der Waals surface area contributed by atoms with Crippen molar-refractivity contribution in [3.63, 3.8) is 0 Å². The topological polar surface area (TPSA) is 35.5 Å². The first-order valence-corrected chi connectivity index (χ1v) is 6.03. The summed E-state index contributed by atoms with van der Waals surface area (Å²) in [7, 11) is 1.40. The zero-order valence-electron chi connectivity index (χ0n) is 12.2. The Kier molecular flexibility index (Phi) is 18.8. The van der Waals surface area contributed by atoms with Gasteiger partial charge in [0, 0.05) is 0 Å². The van der Waals surface area contributed by atoms with Gasteiger partial charge in [-0.2, -0.15) is 0 Å². The number of hydrogen-bond acceptors (Lipinski definition) is 3. The molecule has 1 aliphatic heterocycles. The normalized spacial score (nSPS) is 24.6. The average molecular weight is 254 g/mol. The summed E-state index contributed by atoms with van der Waals surface area (Å²) < 4.78 is 10.1. The molecule has 0 aromatic heterocycles. The molecule has 1 aliphatic rings. The van der Waals surface area contributed by atoms with E-state index in [0.717, 1.165) is 12.8 Å². The lowest BCUT2D eigenvalue weighted by Crippen LogP contribution is -2.36. The number of ether oxygens (including phenoxy) is 2. The van der Waals surface area contributed by atoms with E-state index in [0.29, 0.717) is 5.92 Å². The molecular weight excluding hydrogens is 228 g/mol. The minimum absolute atomic E-state index is 0.179. The van der Waals surface area contributed by atoms with Crippen LogP contribution >= 0.6 is 0 Å². The summed E-state index contributed by atoms with van der Waals surface area (Å²) in [6.07, 6.45) is 17.7. The predicted octanol–water partition coefficient (Wildman–Crippen LogP) is 2.89. The van der Waals surface area contributed by atoms with Crippen molar-refractivity contribution in [3.05, 3.63) is 0 Å². The summed E-state index contributed by atoms with van der Waals surface area (Å²) in [6, 6.07) is 0. The number of carbonyl (C=O) groups excluding carboxylic acids is 1. The lowest BCUT2D eigenvalue weighted by Gasteiger charge is -2.30. The van der Waals surface area contributed by atoms with Crippen molar-refractivity contribution < 1.29 is 14.3 Å². The second-order valence-electron chi connectivity index (χ2n) is 3.54. The molecule has 0 bridgehead atoms. The average Bonchev–Trinajstić information content (AvgIpc) is 2.43. The predicted molar refractivity (Wildman–Crippen MR) is 75.9 cm³/mol. The molecule has 0 radical (unpaired) electrons. The maximum Gasteiger partial charge on any atom is 0.334 e. The highest BCUT2D eigenvalue weighted by Crippen LogP contribution is 2.24. The van der Waals surface area contributed by atoms with Gasteiger partial charge in [-0.25, -0.2) is 4.79 Å². The van der Waals surface area contributed by atoms with Crippen LogP contribution in [0.15, 0.2) is 0 Å². The van der Waals surface area contributed by atoms with Gasteiger partial charge in [0.15, 0.2) is 6.10 Å². The maximum atomic E-state index is 11.1. The number of terminal acetylenes is 2. The van der Waals surface area contributed by atoms with Crippen LogP contribution in [0, 0.1) is 31.6 Å². The Balaban J connectivity index is -0.000000328. The van der Waals surface area contributed by atoms with E-state index in [2.05, 4.69) is 37.4 Å². The van der Waals surface area contributed by atoms with Crippen molar-refractivity contribution in [2.24, 2.45) is 5.92 Å². The number of carbonyl (C=O) groups is 1. The molecule has 18 heavy (non-hydrogen) atoms. The van der Waals surface area contributed by atoms with Crippen molar-refractivity contribution in [2.45, 2.75) is 52.7 Å². The van der Waals surface area contributed by atoms with Crippen LogP contribution in [0.25, 0.3) is 0 Å². The first-order valence-electron chi connectivity index (χ1n) is 6.03. The molecule has 0 unspecified atom stereocenters. The van der Waals surface area contributed by atoms with E-state index in [1.165, 1.54) is 7.11 Å². The Hall–Kier alpha value is -1.45. The van der Waals surface area contributed by atoms with E-state index in [9.17, 15) is 4.79 Å². The summed E-state index contributed by atoms with van der Waals surface area (Å²) in [5, 5.41) is 0. The summed E-state index contributed by atoms with van der Waals surface area (Å²) in [4.78, 5) is 11.1. The standard InChI is InChI=1S/C9H16O3.C2H6.2C2H2/c1-6-4-7(2)12-8(5-6)9(10)11-3;3*1-2/h6-8H,4-5H2,1-3H3;1-2H3;2*1-2H/t6-,7+,8+;;;/m1.../s1. The van der Waals surface area contributed by atoms with Crippen LogP contribution in [-0.2, 0) is 14.3 Å². The SMILES string of the molecule is C#C.C#C.CC.COC(=O)[C@@H]1C[C@H](C)C[C@H](C)O1. The molecule has 0 spiro atoms. The van der Waals surface area contributed by atoms with E-state index in [4.69, 9.17) is 4.74 Å². The molecule has 0 aromatic rings. The van der Waals surface area contributed by atoms with E-state index >= 15 is 0 Å². The third-order valence-electron chi connectivity index (χ3n) is 2.21. The van der Waals surface area contributed by atoms with Gasteiger partial charge in [0.1, 0.15) is 0 Å². The second-order valence-corrected chi connectivity index (χ2v) is 3.54. The minimum atomic E-state index is -0.339. The smallest absolute Gasteiger partial charge is 0.334 e. The van der Waals surface area contributed by atoms with Crippen LogP contribution < -0.4 is 0 Å². The molecule has 1 rings (SSSR count). The minimum Gasteiger partial charge on any atom is -0.467 e. The molecule has 1 fully saturated rings. The summed E-state index contributed by atoms with van der Waals surface area (Å²) in [5.74, 6) is 0.311. The van der Waals surface area contributed by atoms with Gasteiger partial charge in [0.05, 0.1) is 13.2 Å². The van der Waals surface area contributed by atoms with Gasteiger partial charge in [-0.05, 0) is 25.7 Å². The van der Waals surface area contributed by atoms with Gasteiger partial charge in [-0.3, -0.25) is 0 Å². The fourth-order valence-electron chi connectivity index (χ4n) is 1.70. The van der Waals surface area contributed by atoms with Crippen LogP contribution in [0.3, 0.4) is 0 Å². The molecule has 3 nitrogen and oxygen atoms in total. The van der Waals surface area contributed by atoms with Crippen LogP contribution in [0.4, 0.5) is 0 Å². The maximum absolute atomic E-state index is 11.1. The van der Waals surface area contributed by atoms with Gasteiger partial charge < -0.3 is 9.47 Å².